The molecule has 5 nitrogen and oxygen atoms in total. The molecule has 1 aromatic rings. The van der Waals surface area contributed by atoms with Crippen LogP contribution in [-0.4, -0.2) is 41.7 Å². The van der Waals surface area contributed by atoms with Gasteiger partial charge in [-0.1, -0.05) is 19.9 Å². The quantitative estimate of drug-likeness (QED) is 0.641. The number of hydrogen-bond donors (Lipinski definition) is 3. The number of carbonyl (C=O) groups excluding carboxylic acids is 1. The molecule has 0 aliphatic carbocycles. The van der Waals surface area contributed by atoms with Crippen LogP contribution in [0.1, 0.15) is 32.3 Å². The van der Waals surface area contributed by atoms with Crippen molar-refractivity contribution < 1.29 is 9.90 Å². The SMILES string of the molecule is CCC(CC)N(CCO)CC(=O)Nc1cccc(N)c1C. The minimum absolute atomic E-state index is 0.0566. The van der Waals surface area contributed by atoms with E-state index in [2.05, 4.69) is 19.2 Å². The van der Waals surface area contributed by atoms with Gasteiger partial charge in [-0.25, -0.2) is 0 Å². The number of nitrogens with two attached hydrogens (primary N) is 1. The zero-order chi connectivity index (χ0) is 15.8. The van der Waals surface area contributed by atoms with E-state index >= 15 is 0 Å². The Morgan fingerprint density at radius 3 is 2.62 bits per heavy atom. The largest absolute Gasteiger partial charge is 0.398 e. The van der Waals surface area contributed by atoms with E-state index in [-0.39, 0.29) is 19.1 Å². The highest BCUT2D eigenvalue weighted by Gasteiger charge is 2.18. The van der Waals surface area contributed by atoms with Crippen molar-refractivity contribution in [1.82, 2.24) is 4.90 Å². The molecule has 0 atom stereocenters. The smallest absolute Gasteiger partial charge is 0.238 e. The Balaban J connectivity index is 2.71. The fraction of sp³-hybridized carbons (Fsp3) is 0.562. The fourth-order valence-corrected chi connectivity index (χ4v) is 2.49. The van der Waals surface area contributed by atoms with Crippen molar-refractivity contribution in [3.63, 3.8) is 0 Å². The molecule has 5 heteroatoms. The zero-order valence-corrected chi connectivity index (χ0v) is 13.2. The van der Waals surface area contributed by atoms with Gasteiger partial charge in [0.25, 0.3) is 0 Å². The first-order valence-electron chi connectivity index (χ1n) is 7.53. The maximum absolute atomic E-state index is 12.2. The van der Waals surface area contributed by atoms with Gasteiger partial charge in [-0.3, -0.25) is 9.69 Å². The summed E-state index contributed by atoms with van der Waals surface area (Å²) in [5.41, 5.74) is 8.13. The van der Waals surface area contributed by atoms with Gasteiger partial charge in [-0.2, -0.15) is 0 Å². The van der Waals surface area contributed by atoms with E-state index in [1.807, 2.05) is 30.0 Å². The first-order valence-corrected chi connectivity index (χ1v) is 7.53. The van der Waals surface area contributed by atoms with E-state index in [1.165, 1.54) is 0 Å². The van der Waals surface area contributed by atoms with Crippen molar-refractivity contribution >= 4 is 17.3 Å². The Bertz CT molecular complexity index is 459. The predicted octanol–water partition coefficient (Wildman–Crippen LogP) is 2.00. The van der Waals surface area contributed by atoms with E-state index in [0.29, 0.717) is 18.3 Å². The number of aliphatic hydroxyl groups is 1. The number of rotatable bonds is 8. The fourth-order valence-electron chi connectivity index (χ4n) is 2.49. The van der Waals surface area contributed by atoms with Crippen molar-refractivity contribution in [2.45, 2.75) is 39.7 Å². The molecule has 0 fully saturated rings. The molecule has 0 heterocycles. The number of nitrogens with one attached hydrogen (secondary N) is 1. The summed E-state index contributed by atoms with van der Waals surface area (Å²) in [5, 5.41) is 12.1. The molecule has 0 bridgehead atoms. The number of nitrogen functional groups attached to an aromatic ring is 1. The van der Waals surface area contributed by atoms with Crippen molar-refractivity contribution in [3.05, 3.63) is 23.8 Å². The van der Waals surface area contributed by atoms with Crippen molar-refractivity contribution in [2.75, 3.05) is 30.7 Å². The van der Waals surface area contributed by atoms with Crippen molar-refractivity contribution in [1.29, 1.82) is 0 Å². The maximum Gasteiger partial charge on any atom is 0.238 e. The molecule has 0 spiro atoms. The second-order valence-electron chi connectivity index (χ2n) is 5.23. The molecule has 118 valence electrons. The molecular weight excluding hydrogens is 266 g/mol. The van der Waals surface area contributed by atoms with E-state index in [0.717, 1.165) is 24.1 Å². The van der Waals surface area contributed by atoms with Crippen LogP contribution in [0.5, 0.6) is 0 Å². The number of anilines is 2. The Kier molecular flexibility index (Phi) is 7.19. The zero-order valence-electron chi connectivity index (χ0n) is 13.2. The second kappa shape index (κ2) is 8.64. The minimum Gasteiger partial charge on any atom is -0.398 e. The van der Waals surface area contributed by atoms with Crippen molar-refractivity contribution in [3.8, 4) is 0 Å². The van der Waals surface area contributed by atoms with E-state index in [9.17, 15) is 4.79 Å². The third kappa shape index (κ3) is 5.02. The molecule has 4 N–H and O–H groups in total. The highest BCUT2D eigenvalue weighted by molar-refractivity contribution is 5.93. The number of carbonyl (C=O) groups is 1. The van der Waals surface area contributed by atoms with Gasteiger partial charge < -0.3 is 16.2 Å². The standard InChI is InChI=1S/C16H27N3O2/c1-4-13(5-2)19(9-10-20)11-16(21)18-15-8-6-7-14(17)12(15)3/h6-8,13,20H,4-5,9-11,17H2,1-3H3,(H,18,21). The van der Waals surface area contributed by atoms with E-state index < -0.39 is 0 Å². The van der Waals surface area contributed by atoms with Crippen LogP contribution in [0.25, 0.3) is 0 Å². The van der Waals surface area contributed by atoms with Gasteiger partial charge in [0.15, 0.2) is 0 Å². The number of nitrogens with zero attached hydrogens (tertiary/aromatic N) is 1. The third-order valence-electron chi connectivity index (χ3n) is 3.84. The molecule has 0 unspecified atom stereocenters. The summed E-state index contributed by atoms with van der Waals surface area (Å²) < 4.78 is 0. The number of amides is 1. The lowest BCUT2D eigenvalue weighted by Gasteiger charge is -2.29. The summed E-state index contributed by atoms with van der Waals surface area (Å²) in [6, 6.07) is 5.79. The van der Waals surface area contributed by atoms with Gasteiger partial charge >= 0.3 is 0 Å². The van der Waals surface area contributed by atoms with Crippen molar-refractivity contribution in [2.24, 2.45) is 0 Å². The molecule has 0 saturated carbocycles. The molecule has 0 saturated heterocycles. The van der Waals surface area contributed by atoms with Crippen LogP contribution >= 0.6 is 0 Å². The Morgan fingerprint density at radius 2 is 2.05 bits per heavy atom. The van der Waals surface area contributed by atoms with Gasteiger partial charge in [-0.15, -0.1) is 0 Å². The molecule has 1 amide bonds. The van der Waals surface area contributed by atoms with Crippen LogP contribution in [0.3, 0.4) is 0 Å². The summed E-state index contributed by atoms with van der Waals surface area (Å²) in [5.74, 6) is -0.0796. The van der Waals surface area contributed by atoms with Gasteiger partial charge in [-0.05, 0) is 37.5 Å². The summed E-state index contributed by atoms with van der Waals surface area (Å²) >= 11 is 0. The lowest BCUT2D eigenvalue weighted by molar-refractivity contribution is -0.118. The topological polar surface area (TPSA) is 78.6 Å². The molecule has 21 heavy (non-hydrogen) atoms. The van der Waals surface area contributed by atoms with Crippen LogP contribution in [0, 0.1) is 6.92 Å². The second-order valence-corrected chi connectivity index (χ2v) is 5.23. The summed E-state index contributed by atoms with van der Waals surface area (Å²) in [6.07, 6.45) is 1.92. The lowest BCUT2D eigenvalue weighted by Crippen LogP contribution is -2.42. The highest BCUT2D eigenvalue weighted by atomic mass is 16.3. The summed E-state index contributed by atoms with van der Waals surface area (Å²) in [4.78, 5) is 14.2. The highest BCUT2D eigenvalue weighted by Crippen LogP contribution is 2.20. The molecule has 0 aromatic heterocycles. The molecule has 0 radical (unpaired) electrons. The molecule has 0 aliphatic rings. The lowest BCUT2D eigenvalue weighted by atomic mass is 10.1. The van der Waals surface area contributed by atoms with Gasteiger partial charge in [0, 0.05) is 24.0 Å². The Morgan fingerprint density at radius 1 is 1.38 bits per heavy atom. The Labute approximate surface area is 127 Å². The van der Waals surface area contributed by atoms with Crippen LogP contribution in [0.4, 0.5) is 11.4 Å². The third-order valence-corrected chi connectivity index (χ3v) is 3.84. The average Bonchev–Trinajstić information content (AvgIpc) is 2.45. The van der Waals surface area contributed by atoms with Crippen LogP contribution < -0.4 is 11.1 Å². The molecule has 0 aliphatic heterocycles. The maximum atomic E-state index is 12.2. The van der Waals surface area contributed by atoms with E-state index in [1.54, 1.807) is 0 Å². The normalized spacial score (nSPS) is 11.1. The minimum atomic E-state index is -0.0796. The van der Waals surface area contributed by atoms with Crippen LogP contribution in [0.2, 0.25) is 0 Å². The van der Waals surface area contributed by atoms with Crippen LogP contribution in [0.15, 0.2) is 18.2 Å². The van der Waals surface area contributed by atoms with Gasteiger partial charge in [0.05, 0.1) is 13.2 Å². The van der Waals surface area contributed by atoms with Gasteiger partial charge in [0.2, 0.25) is 5.91 Å². The first-order chi connectivity index (χ1) is 10.0. The summed E-state index contributed by atoms with van der Waals surface area (Å²) in [7, 11) is 0. The first kappa shape index (κ1) is 17.5. The Hall–Kier alpha value is -1.59. The van der Waals surface area contributed by atoms with Crippen LogP contribution in [-0.2, 0) is 4.79 Å². The number of hydrogen-bond acceptors (Lipinski definition) is 4. The number of benzene rings is 1. The molecule has 1 rings (SSSR count). The number of aliphatic hydroxyl groups excluding tert-OH is 1. The van der Waals surface area contributed by atoms with Gasteiger partial charge in [0.1, 0.15) is 0 Å². The molecular formula is C16H27N3O2. The predicted molar refractivity (Wildman–Crippen MR) is 87.2 cm³/mol. The average molecular weight is 293 g/mol. The summed E-state index contributed by atoms with van der Waals surface area (Å²) in [6.45, 7) is 6.92. The van der Waals surface area contributed by atoms with E-state index in [4.69, 9.17) is 10.8 Å². The molecule has 1 aromatic carbocycles. The monoisotopic (exact) mass is 293 g/mol.